The second kappa shape index (κ2) is 7.60. The zero-order valence-corrected chi connectivity index (χ0v) is 15.9. The van der Waals surface area contributed by atoms with Gasteiger partial charge in [-0.05, 0) is 41.1 Å². The van der Waals surface area contributed by atoms with E-state index in [1.54, 1.807) is 16.2 Å². The Labute approximate surface area is 160 Å². The smallest absolute Gasteiger partial charge is 0.311 e. The second-order valence-corrected chi connectivity index (χ2v) is 8.29. The van der Waals surface area contributed by atoms with Crippen LogP contribution in [0.1, 0.15) is 28.1 Å². The summed E-state index contributed by atoms with van der Waals surface area (Å²) in [5, 5.41) is 5.09. The predicted molar refractivity (Wildman–Crippen MR) is 105 cm³/mol. The molecule has 26 heavy (non-hydrogen) atoms. The average Bonchev–Trinajstić information content (AvgIpc) is 3.36. The molecule has 1 saturated heterocycles. The summed E-state index contributed by atoms with van der Waals surface area (Å²) in [6.07, 6.45) is 1.61. The third-order valence-corrected chi connectivity index (χ3v) is 6.58. The van der Waals surface area contributed by atoms with E-state index in [0.717, 1.165) is 28.7 Å². The molecule has 4 rings (SSSR count). The Balaban J connectivity index is 1.37. The number of piperidine rings is 1. The van der Waals surface area contributed by atoms with Gasteiger partial charge in [-0.1, -0.05) is 24.3 Å². The molecule has 0 radical (unpaired) electrons. The first-order valence-corrected chi connectivity index (χ1v) is 10.4. The number of carbonyl (C=O) groups is 2. The van der Waals surface area contributed by atoms with Crippen molar-refractivity contribution >= 4 is 44.6 Å². The molecule has 134 valence electrons. The number of esters is 1. The van der Waals surface area contributed by atoms with Crippen LogP contribution >= 0.6 is 22.7 Å². The maximum Gasteiger partial charge on any atom is 0.311 e. The van der Waals surface area contributed by atoms with Crippen molar-refractivity contribution in [3.05, 3.63) is 57.6 Å². The Morgan fingerprint density at radius 1 is 1.15 bits per heavy atom. The fourth-order valence-corrected chi connectivity index (χ4v) is 4.96. The van der Waals surface area contributed by atoms with Crippen molar-refractivity contribution in [2.24, 2.45) is 5.92 Å². The number of ether oxygens (including phenoxy) is 1. The molecule has 1 aliphatic heterocycles. The van der Waals surface area contributed by atoms with Crippen LogP contribution in [0.4, 0.5) is 0 Å². The highest BCUT2D eigenvalue weighted by atomic mass is 32.1. The molecule has 0 aliphatic carbocycles. The fourth-order valence-electron chi connectivity index (χ4n) is 3.32. The number of amides is 1. The van der Waals surface area contributed by atoms with Gasteiger partial charge < -0.3 is 9.64 Å². The van der Waals surface area contributed by atoms with E-state index in [9.17, 15) is 9.59 Å². The van der Waals surface area contributed by atoms with E-state index in [0.29, 0.717) is 13.1 Å². The lowest BCUT2D eigenvalue weighted by Crippen LogP contribution is -2.42. The van der Waals surface area contributed by atoms with E-state index in [4.69, 9.17) is 4.74 Å². The summed E-state index contributed by atoms with van der Waals surface area (Å²) >= 11 is 3.10. The number of carbonyl (C=O) groups excluding carboxylic acids is 2. The molecule has 1 unspecified atom stereocenters. The third kappa shape index (κ3) is 3.52. The molecule has 2 aromatic heterocycles. The number of hydrogen-bond acceptors (Lipinski definition) is 5. The molecule has 4 nitrogen and oxygen atoms in total. The van der Waals surface area contributed by atoms with Crippen LogP contribution in [0.3, 0.4) is 0 Å². The molecular weight excluding hydrogens is 366 g/mol. The molecule has 3 heterocycles. The summed E-state index contributed by atoms with van der Waals surface area (Å²) in [6.45, 7) is 1.44. The zero-order chi connectivity index (χ0) is 17.9. The Morgan fingerprint density at radius 2 is 2.04 bits per heavy atom. The SMILES string of the molecule is O=C(OCc1csc2ccccc12)C1CCCN(C(=O)c2cccs2)C1. The summed E-state index contributed by atoms with van der Waals surface area (Å²) in [4.78, 5) is 27.5. The molecule has 1 atom stereocenters. The van der Waals surface area contributed by atoms with Crippen LogP contribution < -0.4 is 0 Å². The molecule has 6 heteroatoms. The molecule has 1 aromatic carbocycles. The van der Waals surface area contributed by atoms with Gasteiger partial charge in [-0.25, -0.2) is 0 Å². The molecule has 0 saturated carbocycles. The van der Waals surface area contributed by atoms with Gasteiger partial charge in [0.2, 0.25) is 0 Å². The van der Waals surface area contributed by atoms with Crippen molar-refractivity contribution in [2.75, 3.05) is 13.1 Å². The highest BCUT2D eigenvalue weighted by Crippen LogP contribution is 2.27. The number of rotatable bonds is 4. The van der Waals surface area contributed by atoms with Crippen LogP contribution in [0.15, 0.2) is 47.2 Å². The average molecular weight is 386 g/mol. The van der Waals surface area contributed by atoms with Gasteiger partial charge >= 0.3 is 5.97 Å². The number of thiophene rings is 2. The lowest BCUT2D eigenvalue weighted by Gasteiger charge is -2.31. The maximum atomic E-state index is 12.5. The summed E-state index contributed by atoms with van der Waals surface area (Å²) in [5.41, 5.74) is 1.04. The van der Waals surface area contributed by atoms with Crippen molar-refractivity contribution in [2.45, 2.75) is 19.4 Å². The topological polar surface area (TPSA) is 46.6 Å². The first kappa shape index (κ1) is 17.2. The second-order valence-electron chi connectivity index (χ2n) is 6.43. The summed E-state index contributed by atoms with van der Waals surface area (Å²) in [7, 11) is 0. The molecule has 0 spiro atoms. The monoisotopic (exact) mass is 385 g/mol. The molecule has 1 aliphatic rings. The lowest BCUT2D eigenvalue weighted by atomic mass is 9.98. The van der Waals surface area contributed by atoms with Crippen LogP contribution in [0.2, 0.25) is 0 Å². The number of fused-ring (bicyclic) bond motifs is 1. The van der Waals surface area contributed by atoms with E-state index < -0.39 is 0 Å². The van der Waals surface area contributed by atoms with Crippen molar-refractivity contribution in [3.8, 4) is 0 Å². The van der Waals surface area contributed by atoms with Crippen LogP contribution in [-0.2, 0) is 16.1 Å². The fraction of sp³-hybridized carbons (Fsp3) is 0.300. The van der Waals surface area contributed by atoms with E-state index in [2.05, 4.69) is 12.1 Å². The van der Waals surface area contributed by atoms with Gasteiger partial charge in [-0.2, -0.15) is 0 Å². The largest absolute Gasteiger partial charge is 0.460 e. The normalized spacial score (nSPS) is 17.4. The van der Waals surface area contributed by atoms with Crippen LogP contribution in [0, 0.1) is 5.92 Å². The summed E-state index contributed by atoms with van der Waals surface area (Å²) < 4.78 is 6.78. The number of likely N-dealkylation sites (tertiary alicyclic amines) is 1. The Kier molecular flexibility index (Phi) is 5.04. The lowest BCUT2D eigenvalue weighted by molar-refractivity contribution is -0.151. The van der Waals surface area contributed by atoms with Crippen molar-refractivity contribution < 1.29 is 14.3 Å². The van der Waals surface area contributed by atoms with Crippen LogP contribution in [0.5, 0.6) is 0 Å². The minimum absolute atomic E-state index is 0.0151. The van der Waals surface area contributed by atoms with Crippen molar-refractivity contribution in [1.29, 1.82) is 0 Å². The number of benzene rings is 1. The van der Waals surface area contributed by atoms with Crippen LogP contribution in [0.25, 0.3) is 10.1 Å². The van der Waals surface area contributed by atoms with E-state index in [1.165, 1.54) is 16.0 Å². The van der Waals surface area contributed by atoms with E-state index >= 15 is 0 Å². The molecule has 0 bridgehead atoms. The highest BCUT2D eigenvalue weighted by Gasteiger charge is 2.30. The number of nitrogens with zero attached hydrogens (tertiary/aromatic N) is 1. The zero-order valence-electron chi connectivity index (χ0n) is 14.2. The molecule has 0 N–H and O–H groups in total. The Bertz CT molecular complexity index is 916. The maximum absolute atomic E-state index is 12.5. The van der Waals surface area contributed by atoms with Crippen molar-refractivity contribution in [1.82, 2.24) is 4.90 Å². The predicted octanol–water partition coefficient (Wildman–Crippen LogP) is 4.56. The number of hydrogen-bond donors (Lipinski definition) is 0. The summed E-state index contributed by atoms with van der Waals surface area (Å²) in [6, 6.07) is 11.8. The van der Waals surface area contributed by atoms with Gasteiger partial charge in [0.05, 0.1) is 10.8 Å². The van der Waals surface area contributed by atoms with E-state index in [-0.39, 0.29) is 24.4 Å². The standard InChI is InChI=1S/C20H19NO3S2/c22-19(18-8-4-10-25-18)21-9-3-5-14(11-21)20(23)24-12-15-13-26-17-7-2-1-6-16(15)17/h1-2,4,6-8,10,13-14H,3,5,9,11-12H2. The molecular formula is C20H19NO3S2. The van der Waals surface area contributed by atoms with E-state index in [1.807, 2.05) is 35.0 Å². The van der Waals surface area contributed by atoms with Gasteiger partial charge in [0.1, 0.15) is 6.61 Å². The first-order valence-electron chi connectivity index (χ1n) is 8.67. The molecule has 3 aromatic rings. The molecule has 1 fully saturated rings. The van der Waals surface area contributed by atoms with Gasteiger partial charge in [-0.15, -0.1) is 22.7 Å². The third-order valence-electron chi connectivity index (χ3n) is 4.70. The van der Waals surface area contributed by atoms with Crippen LogP contribution in [-0.4, -0.2) is 29.9 Å². The first-order chi connectivity index (χ1) is 12.7. The minimum Gasteiger partial charge on any atom is -0.460 e. The van der Waals surface area contributed by atoms with Gasteiger partial charge in [-0.3, -0.25) is 9.59 Å². The Hall–Kier alpha value is -2.18. The highest BCUT2D eigenvalue weighted by molar-refractivity contribution is 7.17. The van der Waals surface area contributed by atoms with Crippen molar-refractivity contribution in [3.63, 3.8) is 0 Å². The Morgan fingerprint density at radius 3 is 2.88 bits per heavy atom. The van der Waals surface area contributed by atoms with Gasteiger partial charge in [0.15, 0.2) is 0 Å². The molecule has 1 amide bonds. The summed E-state index contributed by atoms with van der Waals surface area (Å²) in [5.74, 6) is -0.428. The minimum atomic E-state index is -0.238. The quantitative estimate of drug-likeness (QED) is 0.619. The van der Waals surface area contributed by atoms with Gasteiger partial charge in [0, 0.05) is 23.4 Å². The van der Waals surface area contributed by atoms with Gasteiger partial charge in [0.25, 0.3) is 5.91 Å².